The molecule has 1 atom stereocenters. The van der Waals surface area contributed by atoms with E-state index in [-0.39, 0.29) is 23.8 Å². The Morgan fingerprint density at radius 3 is 2.54 bits per heavy atom. The highest BCUT2D eigenvalue weighted by atomic mass is 16.2. The first kappa shape index (κ1) is 16.7. The van der Waals surface area contributed by atoms with Crippen molar-refractivity contribution in [3.8, 4) is 0 Å². The van der Waals surface area contributed by atoms with Crippen molar-refractivity contribution in [3.63, 3.8) is 0 Å². The molecule has 0 aromatic heterocycles. The summed E-state index contributed by atoms with van der Waals surface area (Å²) < 4.78 is 0. The second-order valence-electron chi connectivity index (χ2n) is 6.62. The fourth-order valence-electron chi connectivity index (χ4n) is 3.24. The van der Waals surface area contributed by atoms with Crippen LogP contribution in [0.4, 0.5) is 0 Å². The second-order valence-corrected chi connectivity index (χ2v) is 6.62. The number of piperidine rings is 1. The molecule has 0 spiro atoms. The summed E-state index contributed by atoms with van der Waals surface area (Å²) in [6, 6.07) is 8.00. The van der Waals surface area contributed by atoms with Gasteiger partial charge in [0.05, 0.1) is 0 Å². The van der Waals surface area contributed by atoms with E-state index in [0.717, 1.165) is 24.9 Å². The molecule has 24 heavy (non-hydrogen) atoms. The lowest BCUT2D eigenvalue weighted by Gasteiger charge is -2.32. The Morgan fingerprint density at radius 2 is 1.92 bits per heavy atom. The highest BCUT2D eigenvalue weighted by Crippen LogP contribution is 2.19. The minimum atomic E-state index is -0.183. The van der Waals surface area contributed by atoms with Crippen molar-refractivity contribution in [2.45, 2.75) is 32.4 Å². The van der Waals surface area contributed by atoms with Crippen LogP contribution in [-0.2, 0) is 16.1 Å². The average Bonchev–Trinajstić information content (AvgIpc) is 3.15. The monoisotopic (exact) mass is 327 g/mol. The summed E-state index contributed by atoms with van der Waals surface area (Å²) in [5, 5.41) is 6.17. The predicted molar refractivity (Wildman–Crippen MR) is 93.3 cm³/mol. The van der Waals surface area contributed by atoms with Gasteiger partial charge in [-0.1, -0.05) is 42.0 Å². The highest BCUT2D eigenvalue weighted by molar-refractivity contribution is 5.85. The summed E-state index contributed by atoms with van der Waals surface area (Å²) >= 11 is 0. The standard InChI is InChI=1S/C19H25N3O2/c1-14-4-6-15(7-5-14)13-21-18(23)16-8-11-22(12-9-16)19(24)17-3-2-10-20-17/h2-7,16-17,20H,8-13H2,1H3,(H,21,23)/t17-/m1/s1. The van der Waals surface area contributed by atoms with E-state index in [1.165, 1.54) is 5.56 Å². The van der Waals surface area contributed by atoms with E-state index in [1.807, 2.05) is 36.1 Å². The smallest absolute Gasteiger partial charge is 0.243 e. The van der Waals surface area contributed by atoms with Crippen molar-refractivity contribution in [2.24, 2.45) is 5.92 Å². The van der Waals surface area contributed by atoms with E-state index in [0.29, 0.717) is 19.6 Å². The molecule has 1 aromatic rings. The van der Waals surface area contributed by atoms with Gasteiger partial charge in [0.1, 0.15) is 6.04 Å². The van der Waals surface area contributed by atoms with Crippen LogP contribution in [0.25, 0.3) is 0 Å². The number of aryl methyl sites for hydroxylation is 1. The molecule has 0 radical (unpaired) electrons. The first-order valence-corrected chi connectivity index (χ1v) is 8.65. The Hall–Kier alpha value is -2.14. The lowest BCUT2D eigenvalue weighted by molar-refractivity contribution is -0.136. The third kappa shape index (κ3) is 4.03. The van der Waals surface area contributed by atoms with Crippen molar-refractivity contribution in [1.82, 2.24) is 15.5 Å². The minimum absolute atomic E-state index is 0.00609. The SMILES string of the molecule is Cc1ccc(CNC(=O)C2CCN(C(=O)[C@H]3C=CCN3)CC2)cc1. The maximum absolute atomic E-state index is 12.3. The van der Waals surface area contributed by atoms with Gasteiger partial charge in [-0.25, -0.2) is 0 Å². The molecule has 0 bridgehead atoms. The van der Waals surface area contributed by atoms with Crippen molar-refractivity contribution < 1.29 is 9.59 Å². The van der Waals surface area contributed by atoms with E-state index >= 15 is 0 Å². The maximum Gasteiger partial charge on any atom is 0.243 e. The topological polar surface area (TPSA) is 61.4 Å². The van der Waals surface area contributed by atoms with Crippen LogP contribution >= 0.6 is 0 Å². The summed E-state index contributed by atoms with van der Waals surface area (Å²) in [5.41, 5.74) is 2.33. The second kappa shape index (κ2) is 7.62. The summed E-state index contributed by atoms with van der Waals surface area (Å²) in [7, 11) is 0. The molecule has 2 aliphatic rings. The van der Waals surface area contributed by atoms with Crippen molar-refractivity contribution in [3.05, 3.63) is 47.5 Å². The average molecular weight is 327 g/mol. The Labute approximate surface area is 143 Å². The van der Waals surface area contributed by atoms with Crippen molar-refractivity contribution in [2.75, 3.05) is 19.6 Å². The van der Waals surface area contributed by atoms with Crippen LogP contribution in [0, 0.1) is 12.8 Å². The lowest BCUT2D eigenvalue weighted by atomic mass is 9.95. The minimum Gasteiger partial charge on any atom is -0.352 e. The lowest BCUT2D eigenvalue weighted by Crippen LogP contribution is -2.48. The Balaban J connectivity index is 1.44. The Bertz CT molecular complexity index is 616. The summed E-state index contributed by atoms with van der Waals surface area (Å²) in [6.07, 6.45) is 5.38. The van der Waals surface area contributed by atoms with Gasteiger partial charge in [-0.15, -0.1) is 0 Å². The maximum atomic E-state index is 12.3. The number of likely N-dealkylation sites (tertiary alicyclic amines) is 1. The number of amides is 2. The fourth-order valence-corrected chi connectivity index (χ4v) is 3.24. The van der Waals surface area contributed by atoms with Crippen LogP contribution in [0.1, 0.15) is 24.0 Å². The van der Waals surface area contributed by atoms with Crippen LogP contribution in [0.2, 0.25) is 0 Å². The van der Waals surface area contributed by atoms with E-state index < -0.39 is 0 Å². The molecule has 2 heterocycles. The van der Waals surface area contributed by atoms with Crippen LogP contribution in [0.3, 0.4) is 0 Å². The van der Waals surface area contributed by atoms with Gasteiger partial charge in [0.2, 0.25) is 11.8 Å². The molecule has 5 heteroatoms. The summed E-state index contributed by atoms with van der Waals surface area (Å²) in [5.74, 6) is 0.232. The van der Waals surface area contributed by atoms with Gasteiger partial charge in [0.15, 0.2) is 0 Å². The first-order chi connectivity index (χ1) is 11.6. The van der Waals surface area contributed by atoms with Gasteiger partial charge in [-0.2, -0.15) is 0 Å². The van der Waals surface area contributed by atoms with Gasteiger partial charge in [0, 0.05) is 32.1 Å². The summed E-state index contributed by atoms with van der Waals surface area (Å²) in [6.45, 7) is 4.69. The van der Waals surface area contributed by atoms with Crippen LogP contribution in [0.15, 0.2) is 36.4 Å². The zero-order valence-corrected chi connectivity index (χ0v) is 14.1. The van der Waals surface area contributed by atoms with Crippen LogP contribution in [0.5, 0.6) is 0 Å². The molecule has 2 amide bonds. The quantitative estimate of drug-likeness (QED) is 0.821. The third-order valence-electron chi connectivity index (χ3n) is 4.81. The molecule has 1 saturated heterocycles. The summed E-state index contributed by atoms with van der Waals surface area (Å²) in [4.78, 5) is 26.5. The number of nitrogens with zero attached hydrogens (tertiary/aromatic N) is 1. The fraction of sp³-hybridized carbons (Fsp3) is 0.474. The highest BCUT2D eigenvalue weighted by Gasteiger charge is 2.30. The molecule has 3 rings (SSSR count). The molecule has 5 nitrogen and oxygen atoms in total. The molecule has 128 valence electrons. The number of carbonyl (C=O) groups excluding carboxylic acids is 2. The molecule has 2 N–H and O–H groups in total. The predicted octanol–water partition coefficient (Wildman–Crippen LogP) is 1.38. The number of hydrogen-bond acceptors (Lipinski definition) is 3. The first-order valence-electron chi connectivity index (χ1n) is 8.65. The Morgan fingerprint density at radius 1 is 1.21 bits per heavy atom. The number of hydrogen-bond donors (Lipinski definition) is 2. The van der Waals surface area contributed by atoms with Crippen molar-refractivity contribution >= 4 is 11.8 Å². The normalized spacial score (nSPS) is 21.0. The molecule has 0 unspecified atom stereocenters. The van der Waals surface area contributed by atoms with Gasteiger partial charge >= 0.3 is 0 Å². The number of carbonyl (C=O) groups is 2. The van der Waals surface area contributed by atoms with Gasteiger partial charge < -0.3 is 10.2 Å². The molecule has 1 aromatic carbocycles. The molecular formula is C19H25N3O2. The third-order valence-corrected chi connectivity index (χ3v) is 4.81. The number of benzene rings is 1. The van der Waals surface area contributed by atoms with Crippen LogP contribution in [-0.4, -0.2) is 42.4 Å². The van der Waals surface area contributed by atoms with Gasteiger partial charge in [0.25, 0.3) is 0 Å². The number of rotatable bonds is 4. The number of nitrogens with one attached hydrogen (secondary N) is 2. The van der Waals surface area contributed by atoms with E-state index in [4.69, 9.17) is 0 Å². The molecule has 1 fully saturated rings. The largest absolute Gasteiger partial charge is 0.352 e. The van der Waals surface area contributed by atoms with Crippen molar-refractivity contribution in [1.29, 1.82) is 0 Å². The molecular weight excluding hydrogens is 302 g/mol. The molecule has 2 aliphatic heterocycles. The molecule has 0 saturated carbocycles. The van der Waals surface area contributed by atoms with E-state index in [1.54, 1.807) is 0 Å². The van der Waals surface area contributed by atoms with E-state index in [2.05, 4.69) is 22.8 Å². The van der Waals surface area contributed by atoms with Crippen LogP contribution < -0.4 is 10.6 Å². The van der Waals surface area contributed by atoms with E-state index in [9.17, 15) is 9.59 Å². The zero-order valence-electron chi connectivity index (χ0n) is 14.1. The van der Waals surface area contributed by atoms with Gasteiger partial charge in [-0.05, 0) is 25.3 Å². The molecule has 0 aliphatic carbocycles. The van der Waals surface area contributed by atoms with Gasteiger partial charge in [-0.3, -0.25) is 14.9 Å². The zero-order chi connectivity index (χ0) is 16.9. The Kier molecular flexibility index (Phi) is 5.30.